The van der Waals surface area contributed by atoms with Crippen molar-refractivity contribution in [2.45, 2.75) is 45.1 Å². The standard InChI is InChI=1S/C15H21N3O2/c1-3-4-5-6-14(17-18-16)13-9-7-12(8-10-13)11-15(19)20-2/h7-10,14H,3-6,11H2,1-2H3. The third-order valence-electron chi connectivity index (χ3n) is 3.21. The largest absolute Gasteiger partial charge is 0.469 e. The summed E-state index contributed by atoms with van der Waals surface area (Å²) < 4.78 is 4.63. The Kier molecular flexibility index (Phi) is 7.22. The van der Waals surface area contributed by atoms with Gasteiger partial charge in [-0.15, -0.1) is 0 Å². The number of unbranched alkanes of at least 4 members (excludes halogenated alkanes) is 2. The quantitative estimate of drug-likeness (QED) is 0.233. The lowest BCUT2D eigenvalue weighted by Gasteiger charge is -2.11. The molecule has 20 heavy (non-hydrogen) atoms. The predicted octanol–water partition coefficient (Wildman–Crippen LogP) is 4.33. The smallest absolute Gasteiger partial charge is 0.309 e. The highest BCUT2D eigenvalue weighted by Gasteiger charge is 2.10. The second-order valence-corrected chi connectivity index (χ2v) is 4.71. The van der Waals surface area contributed by atoms with Crippen LogP contribution in [0.4, 0.5) is 0 Å². The van der Waals surface area contributed by atoms with Gasteiger partial charge in [-0.25, -0.2) is 0 Å². The van der Waals surface area contributed by atoms with Crippen molar-refractivity contribution in [1.82, 2.24) is 0 Å². The Morgan fingerprint density at radius 3 is 2.60 bits per heavy atom. The zero-order valence-corrected chi connectivity index (χ0v) is 12.1. The second-order valence-electron chi connectivity index (χ2n) is 4.71. The van der Waals surface area contributed by atoms with Gasteiger partial charge in [0.2, 0.25) is 0 Å². The van der Waals surface area contributed by atoms with Gasteiger partial charge in [-0.2, -0.15) is 0 Å². The minimum absolute atomic E-state index is 0.126. The van der Waals surface area contributed by atoms with Gasteiger partial charge in [-0.1, -0.05) is 55.6 Å². The van der Waals surface area contributed by atoms with E-state index in [1.54, 1.807) is 0 Å². The molecule has 0 heterocycles. The van der Waals surface area contributed by atoms with E-state index in [0.29, 0.717) is 0 Å². The van der Waals surface area contributed by atoms with Crippen LogP contribution in [0.1, 0.15) is 49.8 Å². The molecule has 5 nitrogen and oxygen atoms in total. The predicted molar refractivity (Wildman–Crippen MR) is 78.2 cm³/mol. The van der Waals surface area contributed by atoms with E-state index in [0.717, 1.165) is 36.8 Å². The summed E-state index contributed by atoms with van der Waals surface area (Å²) in [6, 6.07) is 7.48. The van der Waals surface area contributed by atoms with Crippen LogP contribution in [0.25, 0.3) is 10.4 Å². The van der Waals surface area contributed by atoms with E-state index < -0.39 is 0 Å². The minimum atomic E-state index is -0.257. The second kappa shape index (κ2) is 8.99. The van der Waals surface area contributed by atoms with Crippen LogP contribution < -0.4 is 0 Å². The molecule has 0 aliphatic heterocycles. The molecule has 0 amide bonds. The molecular formula is C15H21N3O2. The molecule has 1 unspecified atom stereocenters. The van der Waals surface area contributed by atoms with Crippen LogP contribution in [0, 0.1) is 0 Å². The number of hydrogen-bond donors (Lipinski definition) is 0. The molecule has 0 aromatic heterocycles. The summed E-state index contributed by atoms with van der Waals surface area (Å²) in [7, 11) is 1.38. The molecule has 0 spiro atoms. The summed E-state index contributed by atoms with van der Waals surface area (Å²) in [5, 5.41) is 3.86. The normalized spacial score (nSPS) is 11.5. The van der Waals surface area contributed by atoms with Crippen LogP contribution in [0.5, 0.6) is 0 Å². The Hall–Kier alpha value is -2.00. The van der Waals surface area contributed by atoms with Gasteiger partial charge in [0, 0.05) is 4.91 Å². The van der Waals surface area contributed by atoms with Crippen molar-refractivity contribution < 1.29 is 9.53 Å². The number of methoxy groups -OCH3 is 1. The summed E-state index contributed by atoms with van der Waals surface area (Å²) in [5.41, 5.74) is 10.5. The fourth-order valence-corrected chi connectivity index (χ4v) is 2.04. The van der Waals surface area contributed by atoms with Crippen LogP contribution >= 0.6 is 0 Å². The topological polar surface area (TPSA) is 75.1 Å². The molecule has 0 bridgehead atoms. The molecule has 1 aromatic rings. The molecule has 1 aromatic carbocycles. The maximum atomic E-state index is 11.2. The highest BCUT2D eigenvalue weighted by Crippen LogP contribution is 2.24. The first-order chi connectivity index (χ1) is 9.71. The zero-order valence-electron chi connectivity index (χ0n) is 12.1. The molecule has 0 saturated carbocycles. The Morgan fingerprint density at radius 2 is 2.05 bits per heavy atom. The van der Waals surface area contributed by atoms with Crippen LogP contribution in [0.2, 0.25) is 0 Å². The fraction of sp³-hybridized carbons (Fsp3) is 0.533. The first-order valence-corrected chi connectivity index (χ1v) is 6.91. The van der Waals surface area contributed by atoms with Gasteiger partial charge in [0.15, 0.2) is 0 Å². The van der Waals surface area contributed by atoms with E-state index in [-0.39, 0.29) is 18.4 Å². The van der Waals surface area contributed by atoms with Crippen molar-refractivity contribution in [1.29, 1.82) is 0 Å². The average molecular weight is 275 g/mol. The third-order valence-corrected chi connectivity index (χ3v) is 3.21. The number of rotatable bonds is 8. The number of carbonyl (C=O) groups is 1. The van der Waals surface area contributed by atoms with E-state index in [9.17, 15) is 4.79 Å². The summed E-state index contributed by atoms with van der Waals surface area (Å²) in [6.45, 7) is 2.14. The van der Waals surface area contributed by atoms with E-state index in [1.165, 1.54) is 7.11 Å². The Labute approximate surface area is 119 Å². The monoisotopic (exact) mass is 275 g/mol. The Bertz CT molecular complexity index is 465. The van der Waals surface area contributed by atoms with Crippen molar-refractivity contribution >= 4 is 5.97 Å². The molecule has 1 atom stereocenters. The third kappa shape index (κ3) is 5.33. The maximum absolute atomic E-state index is 11.2. The molecule has 0 fully saturated rings. The number of benzene rings is 1. The lowest BCUT2D eigenvalue weighted by molar-refractivity contribution is -0.139. The molecule has 0 aliphatic carbocycles. The average Bonchev–Trinajstić information content (AvgIpc) is 2.47. The molecule has 0 saturated heterocycles. The Balaban J connectivity index is 2.71. The summed E-state index contributed by atoms with van der Waals surface area (Å²) in [5.74, 6) is -0.257. The minimum Gasteiger partial charge on any atom is -0.469 e. The van der Waals surface area contributed by atoms with Crippen molar-refractivity contribution in [2.24, 2.45) is 5.11 Å². The number of nitrogens with zero attached hydrogens (tertiary/aromatic N) is 3. The summed E-state index contributed by atoms with van der Waals surface area (Å²) in [4.78, 5) is 14.1. The molecule has 1 rings (SSSR count). The lowest BCUT2D eigenvalue weighted by atomic mass is 9.99. The van der Waals surface area contributed by atoms with Crippen LogP contribution in [0.15, 0.2) is 29.4 Å². The molecule has 0 aliphatic rings. The number of azide groups is 1. The van der Waals surface area contributed by atoms with E-state index in [2.05, 4.69) is 21.7 Å². The van der Waals surface area contributed by atoms with Crippen molar-refractivity contribution in [2.75, 3.05) is 7.11 Å². The van der Waals surface area contributed by atoms with Crippen molar-refractivity contribution in [3.8, 4) is 0 Å². The molecule has 0 radical (unpaired) electrons. The highest BCUT2D eigenvalue weighted by atomic mass is 16.5. The van der Waals surface area contributed by atoms with E-state index in [1.807, 2.05) is 24.3 Å². The Morgan fingerprint density at radius 1 is 1.35 bits per heavy atom. The summed E-state index contributed by atoms with van der Waals surface area (Å²) in [6.07, 6.45) is 4.44. The van der Waals surface area contributed by atoms with Gasteiger partial charge in [0.25, 0.3) is 0 Å². The van der Waals surface area contributed by atoms with Crippen LogP contribution in [-0.4, -0.2) is 13.1 Å². The first-order valence-electron chi connectivity index (χ1n) is 6.91. The van der Waals surface area contributed by atoms with Gasteiger partial charge < -0.3 is 4.74 Å². The van der Waals surface area contributed by atoms with Crippen LogP contribution in [0.3, 0.4) is 0 Å². The van der Waals surface area contributed by atoms with Gasteiger partial charge in [0.1, 0.15) is 0 Å². The lowest BCUT2D eigenvalue weighted by Crippen LogP contribution is -2.04. The molecule has 108 valence electrons. The van der Waals surface area contributed by atoms with Gasteiger partial charge in [-0.05, 0) is 23.1 Å². The number of hydrogen-bond acceptors (Lipinski definition) is 3. The number of esters is 1. The molecular weight excluding hydrogens is 254 g/mol. The van der Waals surface area contributed by atoms with Crippen molar-refractivity contribution in [3.63, 3.8) is 0 Å². The number of carbonyl (C=O) groups excluding carboxylic acids is 1. The summed E-state index contributed by atoms with van der Waals surface area (Å²) >= 11 is 0. The highest BCUT2D eigenvalue weighted by molar-refractivity contribution is 5.72. The van der Waals surface area contributed by atoms with Gasteiger partial charge in [-0.3, -0.25) is 4.79 Å². The van der Waals surface area contributed by atoms with Gasteiger partial charge in [0.05, 0.1) is 19.6 Å². The van der Waals surface area contributed by atoms with Gasteiger partial charge >= 0.3 is 5.97 Å². The molecule has 5 heteroatoms. The number of ether oxygens (including phenoxy) is 1. The van der Waals surface area contributed by atoms with Crippen molar-refractivity contribution in [3.05, 3.63) is 45.8 Å². The maximum Gasteiger partial charge on any atom is 0.309 e. The first kappa shape index (κ1) is 16.1. The fourth-order valence-electron chi connectivity index (χ4n) is 2.04. The van der Waals surface area contributed by atoms with E-state index in [4.69, 9.17) is 5.53 Å². The van der Waals surface area contributed by atoms with Crippen LogP contribution in [-0.2, 0) is 16.0 Å². The SMILES string of the molecule is CCCCCC(N=[N+]=[N-])c1ccc(CC(=O)OC)cc1. The van der Waals surface area contributed by atoms with E-state index >= 15 is 0 Å². The zero-order chi connectivity index (χ0) is 14.8. The molecule has 0 N–H and O–H groups in total.